The van der Waals surface area contributed by atoms with Gasteiger partial charge in [0, 0.05) is 29.2 Å². The largest absolute Gasteiger partial charge is 0.387 e. The zero-order valence-corrected chi connectivity index (χ0v) is 15.8. The van der Waals surface area contributed by atoms with E-state index in [0.717, 1.165) is 21.3 Å². The van der Waals surface area contributed by atoms with Crippen molar-refractivity contribution < 1.29 is 13.5 Å². The summed E-state index contributed by atoms with van der Waals surface area (Å²) in [6, 6.07) is 15.9. The van der Waals surface area contributed by atoms with E-state index in [1.165, 1.54) is 23.5 Å². The number of fused-ring (bicyclic) bond motifs is 1. The third-order valence-electron chi connectivity index (χ3n) is 4.25. The molecule has 8 heteroatoms. The summed E-state index contributed by atoms with van der Waals surface area (Å²) >= 11 is 1.53. The van der Waals surface area contributed by atoms with Gasteiger partial charge in [-0.05, 0) is 47.2 Å². The normalized spacial score (nSPS) is 13.1. The summed E-state index contributed by atoms with van der Waals surface area (Å²) in [7, 11) is -3.72. The third kappa shape index (κ3) is 3.65. The van der Waals surface area contributed by atoms with E-state index in [-0.39, 0.29) is 11.4 Å². The summed E-state index contributed by atoms with van der Waals surface area (Å²) in [5.74, 6) is 0. The SMILES string of the molecule is O=S(=O)(NCC(O)c1csc2ccccc12)c1ccc(-n2cccn2)cc1. The van der Waals surface area contributed by atoms with Gasteiger partial charge in [-0.15, -0.1) is 11.3 Å². The van der Waals surface area contributed by atoms with E-state index in [9.17, 15) is 13.5 Å². The number of benzene rings is 2. The Hall–Kier alpha value is -2.52. The smallest absolute Gasteiger partial charge is 0.240 e. The molecule has 6 nitrogen and oxygen atoms in total. The lowest BCUT2D eigenvalue weighted by Gasteiger charge is -2.12. The molecule has 2 aromatic carbocycles. The number of aliphatic hydroxyl groups is 1. The van der Waals surface area contributed by atoms with Gasteiger partial charge in [0.25, 0.3) is 0 Å². The number of hydrogen-bond acceptors (Lipinski definition) is 5. The average molecular weight is 399 g/mol. The highest BCUT2D eigenvalue weighted by Gasteiger charge is 2.18. The summed E-state index contributed by atoms with van der Waals surface area (Å²) in [6.45, 7) is -0.0933. The quantitative estimate of drug-likeness (QED) is 0.522. The molecule has 0 saturated heterocycles. The molecule has 0 fully saturated rings. The maximum Gasteiger partial charge on any atom is 0.240 e. The fourth-order valence-corrected chi connectivity index (χ4v) is 4.88. The average Bonchev–Trinajstić information content (AvgIpc) is 3.36. The van der Waals surface area contributed by atoms with Crippen LogP contribution in [-0.4, -0.2) is 29.8 Å². The Morgan fingerprint density at radius 1 is 1.11 bits per heavy atom. The molecule has 0 bridgehead atoms. The van der Waals surface area contributed by atoms with Gasteiger partial charge in [-0.1, -0.05) is 18.2 Å². The number of nitrogens with zero attached hydrogens (tertiary/aromatic N) is 2. The van der Waals surface area contributed by atoms with Gasteiger partial charge in [-0.3, -0.25) is 0 Å². The molecule has 0 aliphatic rings. The van der Waals surface area contributed by atoms with E-state index >= 15 is 0 Å². The lowest BCUT2D eigenvalue weighted by Crippen LogP contribution is -2.28. The van der Waals surface area contributed by atoms with E-state index in [1.807, 2.05) is 29.6 Å². The van der Waals surface area contributed by atoms with Crippen molar-refractivity contribution in [2.45, 2.75) is 11.0 Å². The Morgan fingerprint density at radius 3 is 2.63 bits per heavy atom. The van der Waals surface area contributed by atoms with Crippen LogP contribution in [0.3, 0.4) is 0 Å². The van der Waals surface area contributed by atoms with Crippen molar-refractivity contribution in [3.8, 4) is 5.69 Å². The van der Waals surface area contributed by atoms with Gasteiger partial charge >= 0.3 is 0 Å². The van der Waals surface area contributed by atoms with Crippen molar-refractivity contribution >= 4 is 31.4 Å². The molecule has 4 aromatic rings. The predicted octanol–water partition coefficient (Wildman–Crippen LogP) is 3.10. The van der Waals surface area contributed by atoms with Crippen molar-refractivity contribution in [2.24, 2.45) is 0 Å². The molecule has 0 radical (unpaired) electrons. The first-order valence-electron chi connectivity index (χ1n) is 8.28. The molecule has 2 N–H and O–H groups in total. The summed E-state index contributed by atoms with van der Waals surface area (Å²) in [5, 5.41) is 17.4. The maximum absolute atomic E-state index is 12.5. The summed E-state index contributed by atoms with van der Waals surface area (Å²) < 4.78 is 30.2. The fourth-order valence-electron chi connectivity index (χ4n) is 2.84. The predicted molar refractivity (Wildman–Crippen MR) is 106 cm³/mol. The van der Waals surface area contributed by atoms with Crippen LogP contribution in [0.1, 0.15) is 11.7 Å². The van der Waals surface area contributed by atoms with Gasteiger partial charge in [0.05, 0.1) is 16.7 Å². The Morgan fingerprint density at radius 2 is 1.89 bits per heavy atom. The highest BCUT2D eigenvalue weighted by atomic mass is 32.2. The highest BCUT2D eigenvalue weighted by Crippen LogP contribution is 2.30. The summed E-state index contributed by atoms with van der Waals surface area (Å²) in [6.07, 6.45) is 2.52. The first-order valence-corrected chi connectivity index (χ1v) is 10.6. The molecule has 27 heavy (non-hydrogen) atoms. The van der Waals surface area contributed by atoms with Gasteiger partial charge in [0.1, 0.15) is 0 Å². The van der Waals surface area contributed by atoms with Gasteiger partial charge < -0.3 is 5.11 Å². The zero-order chi connectivity index (χ0) is 18.9. The highest BCUT2D eigenvalue weighted by molar-refractivity contribution is 7.89. The first-order chi connectivity index (χ1) is 13.0. The van der Waals surface area contributed by atoms with Crippen molar-refractivity contribution in [3.05, 3.63) is 77.9 Å². The monoisotopic (exact) mass is 399 g/mol. The van der Waals surface area contributed by atoms with E-state index in [1.54, 1.807) is 35.3 Å². The molecule has 0 saturated carbocycles. The topological polar surface area (TPSA) is 84.2 Å². The number of aliphatic hydroxyl groups excluding tert-OH is 1. The Kier molecular flexibility index (Phi) is 4.79. The Balaban J connectivity index is 1.48. The van der Waals surface area contributed by atoms with Crippen LogP contribution >= 0.6 is 11.3 Å². The molecule has 2 aromatic heterocycles. The van der Waals surface area contributed by atoms with E-state index < -0.39 is 16.1 Å². The van der Waals surface area contributed by atoms with Crippen LogP contribution in [0.15, 0.2) is 77.3 Å². The second-order valence-electron chi connectivity index (χ2n) is 6.00. The van der Waals surface area contributed by atoms with Gasteiger partial charge in [-0.2, -0.15) is 5.10 Å². The standard InChI is InChI=1S/C19H17N3O3S2/c23-18(17-13-26-19-5-2-1-4-16(17)19)12-21-27(24,25)15-8-6-14(7-9-15)22-11-3-10-20-22/h1-11,13,18,21,23H,12H2. The van der Waals surface area contributed by atoms with Crippen molar-refractivity contribution in [2.75, 3.05) is 6.54 Å². The summed E-state index contributed by atoms with van der Waals surface area (Å²) in [5.41, 5.74) is 1.50. The molecule has 0 aliphatic heterocycles. The van der Waals surface area contributed by atoms with E-state index in [4.69, 9.17) is 0 Å². The number of rotatable bonds is 6. The second-order valence-corrected chi connectivity index (χ2v) is 8.68. The van der Waals surface area contributed by atoms with Crippen LogP contribution in [0.4, 0.5) is 0 Å². The van der Waals surface area contributed by atoms with Crippen LogP contribution in [-0.2, 0) is 10.0 Å². The Labute approximate surface area is 160 Å². The minimum Gasteiger partial charge on any atom is -0.387 e. The van der Waals surface area contributed by atoms with Crippen molar-refractivity contribution in [1.29, 1.82) is 0 Å². The zero-order valence-electron chi connectivity index (χ0n) is 14.2. The minimum atomic E-state index is -3.72. The maximum atomic E-state index is 12.5. The first kappa shape index (κ1) is 17.9. The second kappa shape index (κ2) is 7.24. The molecular formula is C19H17N3O3S2. The lowest BCUT2D eigenvalue weighted by atomic mass is 10.1. The molecule has 0 amide bonds. The van der Waals surface area contributed by atoms with E-state index in [2.05, 4.69) is 9.82 Å². The molecule has 0 spiro atoms. The number of aromatic nitrogens is 2. The minimum absolute atomic E-state index is 0.0933. The Bertz CT molecular complexity index is 1150. The lowest BCUT2D eigenvalue weighted by molar-refractivity contribution is 0.184. The fraction of sp³-hybridized carbons (Fsp3) is 0.105. The van der Waals surface area contributed by atoms with Crippen LogP contribution in [0.25, 0.3) is 15.8 Å². The molecule has 138 valence electrons. The third-order valence-corrected chi connectivity index (χ3v) is 6.67. The van der Waals surface area contributed by atoms with Crippen LogP contribution in [0.2, 0.25) is 0 Å². The van der Waals surface area contributed by atoms with Crippen LogP contribution in [0, 0.1) is 0 Å². The number of thiophene rings is 1. The molecular weight excluding hydrogens is 382 g/mol. The molecule has 0 aliphatic carbocycles. The van der Waals surface area contributed by atoms with Gasteiger partial charge in [0.2, 0.25) is 10.0 Å². The van der Waals surface area contributed by atoms with Crippen LogP contribution in [0.5, 0.6) is 0 Å². The number of hydrogen-bond donors (Lipinski definition) is 2. The number of sulfonamides is 1. The van der Waals surface area contributed by atoms with Crippen molar-refractivity contribution in [1.82, 2.24) is 14.5 Å². The van der Waals surface area contributed by atoms with Gasteiger partial charge in [0.15, 0.2) is 0 Å². The van der Waals surface area contributed by atoms with Gasteiger partial charge in [-0.25, -0.2) is 17.8 Å². The molecule has 2 heterocycles. The molecule has 1 atom stereocenters. The molecule has 1 unspecified atom stereocenters. The number of nitrogens with one attached hydrogen (secondary N) is 1. The van der Waals surface area contributed by atoms with Crippen LogP contribution < -0.4 is 4.72 Å². The van der Waals surface area contributed by atoms with E-state index in [0.29, 0.717) is 0 Å². The summed E-state index contributed by atoms with van der Waals surface area (Å²) in [4.78, 5) is 0.140. The molecule has 4 rings (SSSR count). The van der Waals surface area contributed by atoms with Crippen molar-refractivity contribution in [3.63, 3.8) is 0 Å².